The summed E-state index contributed by atoms with van der Waals surface area (Å²) in [6.45, 7) is 0. The first-order chi connectivity index (χ1) is 40.7. The van der Waals surface area contributed by atoms with Crippen LogP contribution >= 0.6 is 0 Å². The van der Waals surface area contributed by atoms with Crippen LogP contribution in [0.5, 0.6) is 0 Å². The lowest BCUT2D eigenvalue weighted by Gasteiger charge is -2.34. The van der Waals surface area contributed by atoms with Gasteiger partial charge in [-0.3, -0.25) is 0 Å². The third kappa shape index (κ3) is 7.57. The van der Waals surface area contributed by atoms with Crippen LogP contribution in [0.15, 0.2) is 322 Å². The summed E-state index contributed by atoms with van der Waals surface area (Å²) in [7, 11) is -2.78. The maximum Gasteiger partial charge on any atom is 0.179 e. The second kappa shape index (κ2) is 19.4. The lowest BCUT2D eigenvalue weighted by molar-refractivity contribution is 1.13. The first kappa shape index (κ1) is 47.5. The van der Waals surface area contributed by atoms with Gasteiger partial charge in [0.1, 0.15) is 0 Å². The van der Waals surface area contributed by atoms with Crippen LogP contribution < -0.4 is 20.7 Å². The molecule has 0 fully saturated rings. The van der Waals surface area contributed by atoms with Gasteiger partial charge in [-0.1, -0.05) is 249 Å². The molecule has 0 atom stereocenters. The molecule has 82 heavy (non-hydrogen) atoms. The van der Waals surface area contributed by atoms with E-state index in [1.165, 1.54) is 97.4 Å². The average Bonchev–Trinajstić information content (AvgIpc) is 3.44. The van der Waals surface area contributed by atoms with Crippen LogP contribution in [-0.2, 0) is 0 Å². The Hall–Kier alpha value is -10.5. The summed E-state index contributed by atoms with van der Waals surface area (Å²) in [6.07, 6.45) is 0. The Morgan fingerprint density at radius 2 is 0.537 bits per heavy atom. The Morgan fingerprint density at radius 3 is 1.07 bits per heavy atom. The molecule has 0 aliphatic rings. The number of para-hydroxylation sites is 4. The van der Waals surface area contributed by atoms with Crippen molar-refractivity contribution >= 4 is 94.2 Å². The summed E-state index contributed by atoms with van der Waals surface area (Å²) in [6, 6.07) is 120. The molecule has 0 aliphatic carbocycles. The Bertz CT molecular complexity index is 4940. The van der Waals surface area contributed by atoms with Gasteiger partial charge in [-0.25, -0.2) is 0 Å². The summed E-state index contributed by atoms with van der Waals surface area (Å²) < 4.78 is 7.42. The molecule has 3 heterocycles. The standard InChI is InChI=1S/C78H53N3Si/c1-5-23-54(24-6-1)58-43-46-77-72(51-58)70-38-16-20-42-76(70)79(77)60-44-45-71-69-37-15-19-41-75(69)81(78(71)53-60)62-49-59(48-61(52-62)80-73-39-17-13-35-67(73)68-36-14-18-40-74(68)80)56-26-21-25-55(47-56)57-27-22-34-66(50-57)82(63-28-7-2-8-29-63,64-30-9-3-10-31-64)65-32-11-4-12-33-65/h1-53H. The van der Waals surface area contributed by atoms with E-state index >= 15 is 0 Å². The van der Waals surface area contributed by atoms with Crippen LogP contribution in [0.25, 0.3) is 116 Å². The summed E-state index contributed by atoms with van der Waals surface area (Å²) in [5.41, 5.74) is 17.4. The molecule has 0 amide bonds. The zero-order chi connectivity index (χ0) is 54.1. The van der Waals surface area contributed by atoms with Gasteiger partial charge in [0, 0.05) is 49.4 Å². The number of fused-ring (bicyclic) bond motifs is 9. The van der Waals surface area contributed by atoms with Crippen molar-refractivity contribution in [2.75, 3.05) is 0 Å². The van der Waals surface area contributed by atoms with Crippen LogP contribution in [0.2, 0.25) is 0 Å². The topological polar surface area (TPSA) is 14.8 Å². The fourth-order valence-electron chi connectivity index (χ4n) is 13.5. The van der Waals surface area contributed by atoms with Crippen LogP contribution in [0.4, 0.5) is 0 Å². The predicted octanol–water partition coefficient (Wildman–Crippen LogP) is 17.4. The maximum absolute atomic E-state index is 2.78. The summed E-state index contributed by atoms with van der Waals surface area (Å²) in [4.78, 5) is 0. The molecule has 13 aromatic carbocycles. The third-order valence-corrected chi connectivity index (χ3v) is 21.9. The summed E-state index contributed by atoms with van der Waals surface area (Å²) in [5.74, 6) is 0. The number of aromatic nitrogens is 3. The molecular weight excluding hydrogens is 1010 g/mol. The average molecular weight is 1060 g/mol. The van der Waals surface area contributed by atoms with Crippen molar-refractivity contribution < 1.29 is 0 Å². The number of rotatable bonds is 10. The van der Waals surface area contributed by atoms with Crippen molar-refractivity contribution in [2.24, 2.45) is 0 Å². The lowest BCUT2D eigenvalue weighted by atomic mass is 9.98. The van der Waals surface area contributed by atoms with E-state index in [2.05, 4.69) is 335 Å². The number of hydrogen-bond donors (Lipinski definition) is 0. The normalized spacial score (nSPS) is 11.9. The van der Waals surface area contributed by atoms with E-state index in [9.17, 15) is 0 Å². The number of benzene rings is 13. The summed E-state index contributed by atoms with van der Waals surface area (Å²) in [5, 5.41) is 12.8. The fourth-order valence-corrected chi connectivity index (χ4v) is 18.3. The van der Waals surface area contributed by atoms with E-state index in [0.29, 0.717) is 0 Å². The first-order valence-corrected chi connectivity index (χ1v) is 30.3. The van der Waals surface area contributed by atoms with E-state index in [0.717, 1.165) is 39.2 Å². The Labute approximate surface area is 477 Å². The van der Waals surface area contributed by atoms with Crippen LogP contribution in [-0.4, -0.2) is 21.8 Å². The molecule has 0 spiro atoms. The van der Waals surface area contributed by atoms with Gasteiger partial charge in [-0.05, 0) is 127 Å². The van der Waals surface area contributed by atoms with Crippen molar-refractivity contribution in [3.63, 3.8) is 0 Å². The zero-order valence-corrected chi connectivity index (χ0v) is 45.9. The molecule has 16 rings (SSSR count). The molecular formula is C78H53N3Si. The van der Waals surface area contributed by atoms with Crippen LogP contribution in [0, 0.1) is 0 Å². The molecule has 3 aromatic heterocycles. The van der Waals surface area contributed by atoms with Crippen molar-refractivity contribution in [2.45, 2.75) is 0 Å². The second-order valence-electron chi connectivity index (χ2n) is 21.6. The van der Waals surface area contributed by atoms with E-state index < -0.39 is 8.07 Å². The van der Waals surface area contributed by atoms with Crippen molar-refractivity contribution in [1.82, 2.24) is 13.7 Å². The van der Waals surface area contributed by atoms with Gasteiger partial charge >= 0.3 is 0 Å². The monoisotopic (exact) mass is 1060 g/mol. The van der Waals surface area contributed by atoms with Crippen LogP contribution in [0.1, 0.15) is 0 Å². The van der Waals surface area contributed by atoms with E-state index in [-0.39, 0.29) is 0 Å². The molecule has 0 saturated heterocycles. The van der Waals surface area contributed by atoms with Gasteiger partial charge < -0.3 is 13.7 Å². The molecule has 0 saturated carbocycles. The minimum absolute atomic E-state index is 1.09. The molecule has 0 radical (unpaired) electrons. The highest BCUT2D eigenvalue weighted by Crippen LogP contribution is 2.41. The number of nitrogens with zero attached hydrogens (tertiary/aromatic N) is 3. The van der Waals surface area contributed by atoms with Crippen molar-refractivity contribution in [3.8, 4) is 50.4 Å². The molecule has 16 aromatic rings. The Morgan fingerprint density at radius 1 is 0.171 bits per heavy atom. The smallest absolute Gasteiger partial charge is 0.179 e. The third-order valence-electron chi connectivity index (χ3n) is 17.1. The largest absolute Gasteiger partial charge is 0.309 e. The second-order valence-corrected chi connectivity index (χ2v) is 25.4. The minimum atomic E-state index is -2.78. The molecule has 0 N–H and O–H groups in total. The van der Waals surface area contributed by atoms with Crippen molar-refractivity contribution in [3.05, 3.63) is 322 Å². The van der Waals surface area contributed by atoms with Gasteiger partial charge in [0.25, 0.3) is 0 Å². The molecule has 384 valence electrons. The van der Waals surface area contributed by atoms with Gasteiger partial charge in [0.2, 0.25) is 0 Å². The molecule has 4 heteroatoms. The molecule has 0 aliphatic heterocycles. The van der Waals surface area contributed by atoms with Crippen LogP contribution in [0.3, 0.4) is 0 Å². The van der Waals surface area contributed by atoms with E-state index in [4.69, 9.17) is 0 Å². The highest BCUT2D eigenvalue weighted by atomic mass is 28.3. The quantitative estimate of drug-likeness (QED) is 0.0958. The molecule has 0 unspecified atom stereocenters. The highest BCUT2D eigenvalue weighted by Gasteiger charge is 2.41. The van der Waals surface area contributed by atoms with E-state index in [1.807, 2.05) is 0 Å². The lowest BCUT2D eigenvalue weighted by Crippen LogP contribution is -2.74. The van der Waals surface area contributed by atoms with Gasteiger partial charge in [-0.15, -0.1) is 0 Å². The molecule has 3 nitrogen and oxygen atoms in total. The van der Waals surface area contributed by atoms with E-state index in [1.54, 1.807) is 0 Å². The molecule has 0 bridgehead atoms. The van der Waals surface area contributed by atoms with Gasteiger partial charge in [0.05, 0.1) is 33.1 Å². The number of hydrogen-bond acceptors (Lipinski definition) is 0. The first-order valence-electron chi connectivity index (χ1n) is 28.3. The van der Waals surface area contributed by atoms with Crippen molar-refractivity contribution in [1.29, 1.82) is 0 Å². The summed E-state index contributed by atoms with van der Waals surface area (Å²) >= 11 is 0. The minimum Gasteiger partial charge on any atom is -0.309 e. The Balaban J connectivity index is 0.911. The zero-order valence-electron chi connectivity index (χ0n) is 44.9. The van der Waals surface area contributed by atoms with Gasteiger partial charge in [0.15, 0.2) is 8.07 Å². The highest BCUT2D eigenvalue weighted by molar-refractivity contribution is 7.19. The SMILES string of the molecule is c1ccc(-c2ccc3c(c2)c2ccccc2n3-c2ccc3c4ccccc4n(-c4cc(-c5cccc(-c6cccc([Si](c7ccccc7)(c7ccccc7)c7ccccc7)c6)c5)cc(-n5c6ccccc6c6ccccc65)c4)c3c2)cc1. The van der Waals surface area contributed by atoms with Gasteiger partial charge in [-0.2, -0.15) is 0 Å². The predicted molar refractivity (Wildman–Crippen MR) is 349 cm³/mol. The Kier molecular flexibility index (Phi) is 11.2. The fraction of sp³-hybridized carbons (Fsp3) is 0. The maximum atomic E-state index is 2.50.